The highest BCUT2D eigenvalue weighted by atomic mass is 35.5. The van der Waals surface area contributed by atoms with E-state index in [0.717, 1.165) is 22.5 Å². The number of rotatable bonds is 4. The lowest BCUT2D eigenvalue weighted by atomic mass is 10.0. The summed E-state index contributed by atoms with van der Waals surface area (Å²) in [7, 11) is -3.89. The van der Waals surface area contributed by atoms with Gasteiger partial charge in [0.25, 0.3) is 0 Å². The monoisotopic (exact) mass is 397 g/mol. The summed E-state index contributed by atoms with van der Waals surface area (Å²) < 4.78 is 23.2. The number of fused-ring (bicyclic) bond motifs is 1. The van der Waals surface area contributed by atoms with E-state index in [4.69, 9.17) is 16.7 Å². The van der Waals surface area contributed by atoms with E-state index in [1.165, 1.54) is 12.1 Å². The van der Waals surface area contributed by atoms with Crippen LogP contribution in [0, 0.1) is 0 Å². The second kappa shape index (κ2) is 6.81. The number of hydrogen-bond acceptors (Lipinski definition) is 3. The van der Waals surface area contributed by atoms with Gasteiger partial charge in [0.2, 0.25) is 10.0 Å². The van der Waals surface area contributed by atoms with Crippen molar-refractivity contribution in [1.82, 2.24) is 9.97 Å². The number of nitrogens with one attached hydrogen (secondary N) is 1. The van der Waals surface area contributed by atoms with Crippen LogP contribution in [-0.2, 0) is 16.4 Å². The minimum absolute atomic E-state index is 0.0651. The van der Waals surface area contributed by atoms with Crippen LogP contribution < -0.4 is 5.14 Å². The van der Waals surface area contributed by atoms with Gasteiger partial charge >= 0.3 is 0 Å². The summed E-state index contributed by atoms with van der Waals surface area (Å²) in [5.41, 5.74) is 4.58. The molecule has 3 N–H and O–H groups in total. The first kappa shape index (κ1) is 17.7. The number of nitrogens with two attached hydrogens (primary N) is 1. The highest BCUT2D eigenvalue weighted by Crippen LogP contribution is 2.26. The van der Waals surface area contributed by atoms with Gasteiger partial charge in [-0.25, -0.2) is 18.5 Å². The molecule has 0 amide bonds. The maximum atomic E-state index is 11.6. The summed E-state index contributed by atoms with van der Waals surface area (Å²) in [6.07, 6.45) is 0.589. The van der Waals surface area contributed by atoms with Crippen LogP contribution in [0.2, 0.25) is 5.02 Å². The average molecular weight is 398 g/mol. The molecule has 0 radical (unpaired) electrons. The maximum absolute atomic E-state index is 11.6. The summed E-state index contributed by atoms with van der Waals surface area (Å²) in [6, 6.07) is 21.3. The first-order valence-electron chi connectivity index (χ1n) is 8.25. The molecule has 0 bridgehead atoms. The van der Waals surface area contributed by atoms with Crippen LogP contribution in [0.5, 0.6) is 0 Å². The highest BCUT2D eigenvalue weighted by Gasteiger charge is 2.16. The Labute approximate surface area is 161 Å². The van der Waals surface area contributed by atoms with Crippen molar-refractivity contribution in [2.75, 3.05) is 0 Å². The second-order valence-electron chi connectivity index (χ2n) is 6.27. The third-order valence-electron chi connectivity index (χ3n) is 4.32. The Hall–Kier alpha value is -2.67. The van der Waals surface area contributed by atoms with E-state index in [9.17, 15) is 8.42 Å². The van der Waals surface area contributed by atoms with Crippen molar-refractivity contribution in [3.8, 4) is 11.1 Å². The summed E-state index contributed by atoms with van der Waals surface area (Å²) >= 11 is 6.02. The first-order valence-corrected chi connectivity index (χ1v) is 10.2. The van der Waals surface area contributed by atoms with Crippen LogP contribution >= 0.6 is 11.6 Å². The standard InChI is InChI=1S/C20H16ClN3O2S/c21-16-11-17-18(12-19(16)27(22,25)26)24-20(23-17)10-13-6-8-15(9-7-13)14-4-2-1-3-5-14/h1-9,11-12H,10H2,(H,23,24)(H2,22,25,26). The minimum atomic E-state index is -3.89. The van der Waals surface area contributed by atoms with Crippen LogP contribution in [-0.4, -0.2) is 18.4 Å². The van der Waals surface area contributed by atoms with E-state index in [1.54, 1.807) is 0 Å². The fraction of sp³-hybridized carbons (Fsp3) is 0.0500. The Morgan fingerprint density at radius 3 is 2.30 bits per heavy atom. The topological polar surface area (TPSA) is 88.8 Å². The van der Waals surface area contributed by atoms with Crippen LogP contribution in [0.3, 0.4) is 0 Å². The van der Waals surface area contributed by atoms with E-state index in [-0.39, 0.29) is 9.92 Å². The summed E-state index contributed by atoms with van der Waals surface area (Å²) in [5.74, 6) is 0.722. The van der Waals surface area contributed by atoms with Crippen molar-refractivity contribution in [3.63, 3.8) is 0 Å². The lowest BCUT2D eigenvalue weighted by Crippen LogP contribution is -2.12. The molecule has 0 saturated carbocycles. The van der Waals surface area contributed by atoms with Crippen LogP contribution in [0.25, 0.3) is 22.2 Å². The van der Waals surface area contributed by atoms with Gasteiger partial charge in [0.15, 0.2) is 0 Å². The zero-order valence-electron chi connectivity index (χ0n) is 14.2. The van der Waals surface area contributed by atoms with E-state index >= 15 is 0 Å². The molecule has 0 fully saturated rings. The fourth-order valence-electron chi connectivity index (χ4n) is 3.01. The fourth-order valence-corrected chi connectivity index (χ4v) is 4.10. The molecule has 7 heteroatoms. The average Bonchev–Trinajstić information content (AvgIpc) is 3.02. The number of halogens is 1. The molecular formula is C20H16ClN3O2S. The third-order valence-corrected chi connectivity index (χ3v) is 5.70. The number of imidazole rings is 1. The van der Waals surface area contributed by atoms with Gasteiger partial charge in [0, 0.05) is 6.42 Å². The molecule has 136 valence electrons. The zero-order valence-corrected chi connectivity index (χ0v) is 15.8. The molecule has 27 heavy (non-hydrogen) atoms. The molecule has 0 atom stereocenters. The number of nitrogens with zero attached hydrogens (tertiary/aromatic N) is 1. The van der Waals surface area contributed by atoms with Gasteiger partial charge in [-0.2, -0.15) is 0 Å². The number of sulfonamides is 1. The summed E-state index contributed by atoms with van der Waals surface area (Å²) in [6.45, 7) is 0. The second-order valence-corrected chi connectivity index (χ2v) is 8.21. The van der Waals surface area contributed by atoms with E-state index in [0.29, 0.717) is 17.5 Å². The number of primary sulfonamides is 1. The first-order chi connectivity index (χ1) is 12.9. The van der Waals surface area contributed by atoms with Crippen molar-refractivity contribution in [3.05, 3.63) is 83.1 Å². The predicted octanol–water partition coefficient (Wildman–Crippen LogP) is 4.12. The molecular weight excluding hydrogens is 382 g/mol. The molecule has 0 spiro atoms. The maximum Gasteiger partial charge on any atom is 0.239 e. The Kier molecular flexibility index (Phi) is 4.47. The smallest absolute Gasteiger partial charge is 0.239 e. The molecule has 4 aromatic rings. The number of benzene rings is 3. The van der Waals surface area contributed by atoms with Crippen LogP contribution in [0.15, 0.2) is 71.6 Å². The highest BCUT2D eigenvalue weighted by molar-refractivity contribution is 7.89. The Balaban J connectivity index is 1.62. The molecule has 5 nitrogen and oxygen atoms in total. The Bertz CT molecular complexity index is 1220. The molecule has 0 aliphatic heterocycles. The van der Waals surface area contributed by atoms with Crippen LogP contribution in [0.1, 0.15) is 11.4 Å². The Morgan fingerprint density at radius 2 is 1.63 bits per heavy atom. The number of hydrogen-bond donors (Lipinski definition) is 2. The molecule has 0 aliphatic carbocycles. The lowest BCUT2D eigenvalue weighted by Gasteiger charge is -2.03. The van der Waals surface area contributed by atoms with Gasteiger partial charge in [-0.15, -0.1) is 0 Å². The van der Waals surface area contributed by atoms with Gasteiger partial charge < -0.3 is 4.98 Å². The van der Waals surface area contributed by atoms with Gasteiger partial charge in [0.1, 0.15) is 10.7 Å². The number of H-pyrrole nitrogens is 1. The van der Waals surface area contributed by atoms with E-state index in [1.807, 2.05) is 18.2 Å². The minimum Gasteiger partial charge on any atom is -0.342 e. The van der Waals surface area contributed by atoms with Crippen molar-refractivity contribution in [2.45, 2.75) is 11.3 Å². The molecule has 0 aliphatic rings. The van der Waals surface area contributed by atoms with Gasteiger partial charge in [-0.1, -0.05) is 66.2 Å². The van der Waals surface area contributed by atoms with Crippen LogP contribution in [0.4, 0.5) is 0 Å². The molecule has 1 aromatic heterocycles. The van der Waals surface area contributed by atoms with E-state index in [2.05, 4.69) is 46.4 Å². The third kappa shape index (κ3) is 3.73. The summed E-state index contributed by atoms with van der Waals surface area (Å²) in [5, 5.41) is 5.26. The number of aromatic amines is 1. The number of aromatic nitrogens is 2. The molecule has 1 heterocycles. The summed E-state index contributed by atoms with van der Waals surface area (Å²) in [4.78, 5) is 7.53. The molecule has 0 saturated heterocycles. The molecule has 0 unspecified atom stereocenters. The van der Waals surface area contributed by atoms with Crippen molar-refractivity contribution < 1.29 is 8.42 Å². The molecule has 3 aromatic carbocycles. The quantitative estimate of drug-likeness (QED) is 0.542. The largest absolute Gasteiger partial charge is 0.342 e. The van der Waals surface area contributed by atoms with Crippen molar-refractivity contribution in [2.24, 2.45) is 5.14 Å². The van der Waals surface area contributed by atoms with Crippen molar-refractivity contribution in [1.29, 1.82) is 0 Å². The Morgan fingerprint density at radius 1 is 0.963 bits per heavy atom. The zero-order chi connectivity index (χ0) is 19.0. The van der Waals surface area contributed by atoms with Gasteiger partial charge in [0.05, 0.1) is 16.1 Å². The normalized spacial score (nSPS) is 11.8. The van der Waals surface area contributed by atoms with E-state index < -0.39 is 10.0 Å². The van der Waals surface area contributed by atoms with Gasteiger partial charge in [-0.3, -0.25) is 0 Å². The SMILES string of the molecule is NS(=O)(=O)c1cc2[nH]c(Cc3ccc(-c4ccccc4)cc3)nc2cc1Cl. The van der Waals surface area contributed by atoms with Crippen molar-refractivity contribution >= 4 is 32.7 Å². The lowest BCUT2D eigenvalue weighted by molar-refractivity contribution is 0.598. The predicted molar refractivity (Wildman–Crippen MR) is 107 cm³/mol. The van der Waals surface area contributed by atoms with Gasteiger partial charge in [-0.05, 0) is 28.8 Å². The molecule has 4 rings (SSSR count).